The summed E-state index contributed by atoms with van der Waals surface area (Å²) >= 11 is 0. The molecule has 1 aliphatic rings. The number of nitrogens with one attached hydrogen (secondary N) is 2. The molecule has 1 aliphatic heterocycles. The van der Waals surface area contributed by atoms with Crippen LogP contribution in [0, 0.1) is 5.92 Å². The highest BCUT2D eigenvalue weighted by Crippen LogP contribution is 2.14. The Balaban J connectivity index is 2.03. The summed E-state index contributed by atoms with van der Waals surface area (Å²) in [7, 11) is 0. The van der Waals surface area contributed by atoms with Gasteiger partial charge in [-0.05, 0) is 31.7 Å². The van der Waals surface area contributed by atoms with Gasteiger partial charge in [0.1, 0.15) is 0 Å². The van der Waals surface area contributed by atoms with Gasteiger partial charge in [-0.2, -0.15) is 0 Å². The molecule has 0 saturated carbocycles. The van der Waals surface area contributed by atoms with Crippen LogP contribution in [-0.2, 0) is 6.54 Å². The number of aromatic amines is 1. The molecule has 0 bridgehead atoms. The van der Waals surface area contributed by atoms with Gasteiger partial charge in [-0.15, -0.1) is 0 Å². The van der Waals surface area contributed by atoms with Gasteiger partial charge in [-0.1, -0.05) is 13.8 Å². The highest BCUT2D eigenvalue weighted by atomic mass is 16.1. The number of piperidine rings is 1. The first-order valence-electron chi connectivity index (χ1n) is 7.21. The molecule has 1 saturated heterocycles. The van der Waals surface area contributed by atoms with Crippen molar-refractivity contribution in [2.75, 3.05) is 24.5 Å². The largest absolute Gasteiger partial charge is 0.342 e. The maximum atomic E-state index is 11.7. The molecule has 0 aliphatic carbocycles. The summed E-state index contributed by atoms with van der Waals surface area (Å²) in [4.78, 5) is 21.3. The number of anilines is 1. The van der Waals surface area contributed by atoms with E-state index < -0.39 is 0 Å². The number of nitrogens with zero attached hydrogens (tertiary/aromatic N) is 2. The monoisotopic (exact) mass is 264 g/mol. The lowest BCUT2D eigenvalue weighted by Crippen LogP contribution is -2.33. The van der Waals surface area contributed by atoms with Crippen LogP contribution in [0.2, 0.25) is 0 Å². The SMILES string of the molecule is CC(C)CNCc1cc(=O)[nH]c(N2CCCCC2)n1. The van der Waals surface area contributed by atoms with Crippen LogP contribution in [0.25, 0.3) is 0 Å². The van der Waals surface area contributed by atoms with E-state index in [1.54, 1.807) is 6.07 Å². The van der Waals surface area contributed by atoms with Gasteiger partial charge in [-0.3, -0.25) is 9.78 Å². The minimum atomic E-state index is -0.0584. The van der Waals surface area contributed by atoms with Crippen molar-refractivity contribution in [1.82, 2.24) is 15.3 Å². The molecule has 5 nitrogen and oxygen atoms in total. The van der Waals surface area contributed by atoms with Crippen LogP contribution < -0.4 is 15.8 Å². The number of hydrogen-bond acceptors (Lipinski definition) is 4. The highest BCUT2D eigenvalue weighted by molar-refractivity contribution is 5.30. The summed E-state index contributed by atoms with van der Waals surface area (Å²) in [6, 6.07) is 1.58. The fourth-order valence-corrected chi connectivity index (χ4v) is 2.33. The van der Waals surface area contributed by atoms with Crippen LogP contribution >= 0.6 is 0 Å². The number of hydrogen-bond donors (Lipinski definition) is 2. The first kappa shape index (κ1) is 14.1. The van der Waals surface area contributed by atoms with E-state index in [1.807, 2.05) is 0 Å². The summed E-state index contributed by atoms with van der Waals surface area (Å²) in [5, 5.41) is 3.32. The van der Waals surface area contributed by atoms with E-state index in [9.17, 15) is 4.79 Å². The van der Waals surface area contributed by atoms with Crippen molar-refractivity contribution in [3.05, 3.63) is 22.1 Å². The van der Waals surface area contributed by atoms with E-state index in [0.717, 1.165) is 31.3 Å². The Morgan fingerprint density at radius 3 is 2.79 bits per heavy atom. The Morgan fingerprint density at radius 1 is 1.37 bits per heavy atom. The van der Waals surface area contributed by atoms with Gasteiger partial charge in [-0.25, -0.2) is 4.98 Å². The predicted octanol–water partition coefficient (Wildman–Crippen LogP) is 1.51. The Bertz CT molecular complexity index is 449. The molecule has 2 rings (SSSR count). The van der Waals surface area contributed by atoms with Crippen molar-refractivity contribution in [1.29, 1.82) is 0 Å². The summed E-state index contributed by atoms with van der Waals surface area (Å²) in [6.07, 6.45) is 3.63. The fourth-order valence-electron chi connectivity index (χ4n) is 2.33. The van der Waals surface area contributed by atoms with Crippen LogP contribution in [0.3, 0.4) is 0 Å². The van der Waals surface area contributed by atoms with Gasteiger partial charge in [0.05, 0.1) is 5.69 Å². The summed E-state index contributed by atoms with van der Waals surface area (Å²) in [5.41, 5.74) is 0.766. The topological polar surface area (TPSA) is 61.0 Å². The van der Waals surface area contributed by atoms with E-state index in [1.165, 1.54) is 19.3 Å². The molecule has 1 fully saturated rings. The highest BCUT2D eigenvalue weighted by Gasteiger charge is 2.13. The third-order valence-corrected chi connectivity index (χ3v) is 3.30. The average Bonchev–Trinajstić information content (AvgIpc) is 2.39. The molecule has 1 aromatic heterocycles. The lowest BCUT2D eigenvalue weighted by molar-refractivity contribution is 0.543. The van der Waals surface area contributed by atoms with Crippen molar-refractivity contribution in [3.8, 4) is 0 Å². The number of H-pyrrole nitrogens is 1. The molecule has 0 spiro atoms. The third kappa shape index (κ3) is 4.35. The molecule has 5 heteroatoms. The standard InChI is InChI=1S/C14H24N4O/c1-11(2)9-15-10-12-8-13(19)17-14(16-12)18-6-4-3-5-7-18/h8,11,15H,3-7,9-10H2,1-2H3,(H,16,17,19). The van der Waals surface area contributed by atoms with Gasteiger partial charge in [0.2, 0.25) is 5.95 Å². The average molecular weight is 264 g/mol. The van der Waals surface area contributed by atoms with E-state index in [4.69, 9.17) is 0 Å². The molecule has 1 aromatic rings. The van der Waals surface area contributed by atoms with Crippen molar-refractivity contribution in [2.45, 2.75) is 39.7 Å². The molecule has 2 N–H and O–H groups in total. The summed E-state index contributed by atoms with van der Waals surface area (Å²) in [6.45, 7) is 7.91. The lowest BCUT2D eigenvalue weighted by atomic mass is 10.1. The van der Waals surface area contributed by atoms with Gasteiger partial charge < -0.3 is 10.2 Å². The van der Waals surface area contributed by atoms with Crippen LogP contribution in [0.4, 0.5) is 5.95 Å². The van der Waals surface area contributed by atoms with Crippen LogP contribution in [-0.4, -0.2) is 29.6 Å². The molecule has 19 heavy (non-hydrogen) atoms. The molecule has 0 amide bonds. The summed E-state index contributed by atoms with van der Waals surface area (Å²) < 4.78 is 0. The van der Waals surface area contributed by atoms with Gasteiger partial charge >= 0.3 is 0 Å². The minimum Gasteiger partial charge on any atom is -0.342 e. The second-order valence-electron chi connectivity index (χ2n) is 5.63. The zero-order valence-corrected chi connectivity index (χ0v) is 11.9. The van der Waals surface area contributed by atoms with Crippen molar-refractivity contribution in [3.63, 3.8) is 0 Å². The minimum absolute atomic E-state index is 0.0584. The van der Waals surface area contributed by atoms with Crippen molar-refractivity contribution >= 4 is 5.95 Å². The van der Waals surface area contributed by atoms with Gasteiger partial charge in [0.15, 0.2) is 0 Å². The van der Waals surface area contributed by atoms with E-state index >= 15 is 0 Å². The van der Waals surface area contributed by atoms with Crippen LogP contribution in [0.1, 0.15) is 38.8 Å². The second kappa shape index (κ2) is 6.70. The van der Waals surface area contributed by atoms with Crippen molar-refractivity contribution < 1.29 is 0 Å². The first-order valence-corrected chi connectivity index (χ1v) is 7.21. The third-order valence-electron chi connectivity index (χ3n) is 3.30. The van der Waals surface area contributed by atoms with Gasteiger partial charge in [0, 0.05) is 25.7 Å². The maximum absolute atomic E-state index is 11.7. The Hall–Kier alpha value is -1.36. The zero-order valence-electron chi connectivity index (χ0n) is 11.9. The van der Waals surface area contributed by atoms with E-state index in [-0.39, 0.29) is 5.56 Å². The summed E-state index contributed by atoms with van der Waals surface area (Å²) in [5.74, 6) is 1.33. The maximum Gasteiger partial charge on any atom is 0.252 e. The fraction of sp³-hybridized carbons (Fsp3) is 0.714. The molecule has 0 radical (unpaired) electrons. The normalized spacial score (nSPS) is 16.1. The first-order chi connectivity index (χ1) is 9.15. The Kier molecular flexibility index (Phi) is 4.96. The smallest absolute Gasteiger partial charge is 0.252 e. The quantitative estimate of drug-likeness (QED) is 0.846. The van der Waals surface area contributed by atoms with Crippen LogP contribution in [0.15, 0.2) is 10.9 Å². The molecule has 106 valence electrons. The molecule has 2 heterocycles. The molecular formula is C14H24N4O. The van der Waals surface area contributed by atoms with Crippen molar-refractivity contribution in [2.24, 2.45) is 5.92 Å². The second-order valence-corrected chi connectivity index (χ2v) is 5.63. The molecule has 0 aromatic carbocycles. The zero-order chi connectivity index (χ0) is 13.7. The lowest BCUT2D eigenvalue weighted by Gasteiger charge is -2.27. The van der Waals surface area contributed by atoms with E-state index in [2.05, 4.69) is 34.0 Å². The van der Waals surface area contributed by atoms with E-state index in [0.29, 0.717) is 12.5 Å². The van der Waals surface area contributed by atoms with Crippen LogP contribution in [0.5, 0.6) is 0 Å². The molecule has 0 atom stereocenters. The predicted molar refractivity (Wildman–Crippen MR) is 77.5 cm³/mol. The number of rotatable bonds is 5. The molecular weight excluding hydrogens is 240 g/mol. The Labute approximate surface area is 114 Å². The number of aromatic nitrogens is 2. The molecule has 0 unspecified atom stereocenters. The Morgan fingerprint density at radius 2 is 2.11 bits per heavy atom. The van der Waals surface area contributed by atoms with Gasteiger partial charge in [0.25, 0.3) is 5.56 Å².